The summed E-state index contributed by atoms with van der Waals surface area (Å²) in [5, 5.41) is 4.28. The summed E-state index contributed by atoms with van der Waals surface area (Å²) in [4.78, 5) is 13.9. The van der Waals surface area contributed by atoms with Gasteiger partial charge in [-0.25, -0.2) is 10.2 Å². The zero-order valence-electron chi connectivity index (χ0n) is 13.1. The summed E-state index contributed by atoms with van der Waals surface area (Å²) in [6.45, 7) is 16.4. The molecule has 0 radical (unpaired) electrons. The van der Waals surface area contributed by atoms with Crippen LogP contribution in [0.3, 0.4) is 0 Å². The van der Waals surface area contributed by atoms with E-state index in [4.69, 9.17) is 0 Å². The molecule has 4 heteroatoms. The molecule has 0 fully saturated rings. The zero-order valence-corrected chi connectivity index (χ0v) is 13.1. The van der Waals surface area contributed by atoms with Crippen LogP contribution in [0.25, 0.3) is 0 Å². The van der Waals surface area contributed by atoms with Crippen LogP contribution < -0.4 is 5.43 Å². The largest absolute Gasteiger partial charge is 0.338 e. The lowest BCUT2D eigenvalue weighted by molar-refractivity contribution is 0.165. The van der Waals surface area contributed by atoms with Crippen molar-refractivity contribution >= 4 is 11.7 Å². The van der Waals surface area contributed by atoms with Crippen molar-refractivity contribution in [3.63, 3.8) is 0 Å². The third-order valence-corrected chi connectivity index (χ3v) is 2.81. The first-order chi connectivity index (χ1) is 8.18. The summed E-state index contributed by atoms with van der Waals surface area (Å²) in [5.74, 6) is 0.689. The van der Waals surface area contributed by atoms with Crippen LogP contribution in [0.2, 0.25) is 0 Å². The summed E-state index contributed by atoms with van der Waals surface area (Å²) in [7, 11) is 0. The molecule has 0 atom stereocenters. The van der Waals surface area contributed by atoms with Crippen LogP contribution in [0.4, 0.5) is 4.79 Å². The van der Waals surface area contributed by atoms with Gasteiger partial charge in [0.15, 0.2) is 0 Å². The molecule has 0 aromatic rings. The fourth-order valence-corrected chi connectivity index (χ4v) is 2.16. The topological polar surface area (TPSA) is 44.7 Å². The quantitative estimate of drug-likeness (QED) is 0.593. The zero-order chi connectivity index (χ0) is 14.5. The molecule has 0 aliphatic carbocycles. The number of nitrogens with zero attached hydrogens (tertiary/aromatic N) is 2. The molecular weight excluding hydrogens is 226 g/mol. The average molecular weight is 255 g/mol. The number of amides is 2. The first kappa shape index (κ1) is 16.9. The molecule has 0 aromatic heterocycles. The Kier molecular flexibility index (Phi) is 6.96. The van der Waals surface area contributed by atoms with Crippen molar-refractivity contribution in [2.45, 2.75) is 67.5 Å². The van der Waals surface area contributed by atoms with E-state index in [1.54, 1.807) is 4.90 Å². The van der Waals surface area contributed by atoms with Gasteiger partial charge < -0.3 is 4.90 Å². The molecule has 1 N–H and O–H groups in total. The van der Waals surface area contributed by atoms with E-state index in [1.807, 2.05) is 27.7 Å². The van der Waals surface area contributed by atoms with Crippen LogP contribution in [0, 0.1) is 11.8 Å². The molecule has 2 amide bonds. The van der Waals surface area contributed by atoms with Gasteiger partial charge in [0.2, 0.25) is 0 Å². The number of hydrogen-bond donors (Lipinski definition) is 1. The van der Waals surface area contributed by atoms with E-state index in [0.29, 0.717) is 11.8 Å². The Balaban J connectivity index is 4.78. The van der Waals surface area contributed by atoms with E-state index in [-0.39, 0.29) is 18.1 Å². The second-order valence-electron chi connectivity index (χ2n) is 5.86. The molecule has 18 heavy (non-hydrogen) atoms. The van der Waals surface area contributed by atoms with E-state index < -0.39 is 0 Å². The van der Waals surface area contributed by atoms with Crippen LogP contribution in [0.15, 0.2) is 5.10 Å². The predicted octanol–water partition coefficient (Wildman–Crippen LogP) is 3.48. The fraction of sp³-hybridized carbons (Fsp3) is 0.857. The van der Waals surface area contributed by atoms with Crippen LogP contribution in [-0.4, -0.2) is 28.7 Å². The van der Waals surface area contributed by atoms with Gasteiger partial charge in [0.05, 0.1) is 0 Å². The molecule has 0 aliphatic rings. The van der Waals surface area contributed by atoms with Crippen molar-refractivity contribution in [2.75, 3.05) is 0 Å². The predicted molar refractivity (Wildman–Crippen MR) is 77.8 cm³/mol. The number of rotatable bonds is 5. The number of carbonyl (C=O) groups is 1. The molecule has 0 aliphatic heterocycles. The van der Waals surface area contributed by atoms with Gasteiger partial charge in [-0.2, -0.15) is 5.10 Å². The van der Waals surface area contributed by atoms with Crippen molar-refractivity contribution in [1.29, 1.82) is 0 Å². The Morgan fingerprint density at radius 2 is 1.28 bits per heavy atom. The second-order valence-corrected chi connectivity index (χ2v) is 5.86. The summed E-state index contributed by atoms with van der Waals surface area (Å²) >= 11 is 0. The third-order valence-electron chi connectivity index (χ3n) is 2.81. The average Bonchev–Trinajstić information content (AvgIpc) is 2.14. The van der Waals surface area contributed by atoms with Crippen molar-refractivity contribution in [3.8, 4) is 0 Å². The van der Waals surface area contributed by atoms with Gasteiger partial charge in [-0.3, -0.25) is 0 Å². The molecule has 0 rings (SSSR count). The van der Waals surface area contributed by atoms with Crippen molar-refractivity contribution < 1.29 is 4.79 Å². The third kappa shape index (κ3) is 5.07. The number of nitrogens with one attached hydrogen (secondary N) is 1. The number of hydrogen-bond acceptors (Lipinski definition) is 2. The van der Waals surface area contributed by atoms with Crippen molar-refractivity contribution in [1.82, 2.24) is 10.3 Å². The van der Waals surface area contributed by atoms with Gasteiger partial charge in [0.25, 0.3) is 0 Å². The van der Waals surface area contributed by atoms with Crippen molar-refractivity contribution in [2.24, 2.45) is 16.9 Å². The SMILES string of the molecule is CC(C)C(=NNC(=O)N(C(C)C)C(C)C)C(C)C. The highest BCUT2D eigenvalue weighted by molar-refractivity contribution is 5.89. The van der Waals surface area contributed by atoms with Crippen LogP contribution in [0.1, 0.15) is 55.4 Å². The van der Waals surface area contributed by atoms with Gasteiger partial charge in [-0.1, -0.05) is 27.7 Å². The maximum Gasteiger partial charge on any atom is 0.338 e. The highest BCUT2D eigenvalue weighted by Crippen LogP contribution is 2.08. The number of carbonyl (C=O) groups excluding carboxylic acids is 1. The van der Waals surface area contributed by atoms with Crippen LogP contribution in [-0.2, 0) is 0 Å². The highest BCUT2D eigenvalue weighted by atomic mass is 16.2. The molecule has 0 aromatic carbocycles. The summed E-state index contributed by atoms with van der Waals surface area (Å²) in [6.07, 6.45) is 0. The number of hydrazone groups is 1. The van der Waals surface area contributed by atoms with E-state index >= 15 is 0 Å². The van der Waals surface area contributed by atoms with Crippen LogP contribution in [0.5, 0.6) is 0 Å². The van der Waals surface area contributed by atoms with Gasteiger partial charge >= 0.3 is 6.03 Å². The summed E-state index contributed by atoms with van der Waals surface area (Å²) in [5.41, 5.74) is 3.71. The lowest BCUT2D eigenvalue weighted by Crippen LogP contribution is -2.46. The Morgan fingerprint density at radius 3 is 1.56 bits per heavy atom. The first-order valence-electron chi connectivity index (χ1n) is 6.84. The van der Waals surface area contributed by atoms with E-state index in [9.17, 15) is 4.79 Å². The maximum absolute atomic E-state index is 12.1. The molecule has 0 bridgehead atoms. The molecule has 0 heterocycles. The van der Waals surface area contributed by atoms with Gasteiger partial charge in [-0.05, 0) is 39.5 Å². The molecular formula is C14H29N3O. The first-order valence-corrected chi connectivity index (χ1v) is 6.84. The van der Waals surface area contributed by atoms with E-state index in [0.717, 1.165) is 5.71 Å². The molecule has 0 spiro atoms. The lowest BCUT2D eigenvalue weighted by Gasteiger charge is -2.30. The highest BCUT2D eigenvalue weighted by Gasteiger charge is 2.20. The smallest absolute Gasteiger partial charge is 0.318 e. The Morgan fingerprint density at radius 1 is 0.889 bits per heavy atom. The molecule has 0 saturated carbocycles. The number of urea groups is 1. The molecule has 0 unspecified atom stereocenters. The Labute approximate surface area is 112 Å². The van der Waals surface area contributed by atoms with E-state index in [2.05, 4.69) is 38.2 Å². The fourth-order valence-electron chi connectivity index (χ4n) is 2.16. The Hall–Kier alpha value is -1.06. The normalized spacial score (nSPS) is 11.3. The standard InChI is InChI=1S/C14H29N3O/c1-9(2)13(10(3)4)15-16-14(18)17(11(5)6)12(7)8/h9-12H,1-8H3,(H,16,18). The lowest BCUT2D eigenvalue weighted by atomic mass is 9.98. The summed E-state index contributed by atoms with van der Waals surface area (Å²) < 4.78 is 0. The van der Waals surface area contributed by atoms with Crippen LogP contribution >= 0.6 is 0 Å². The van der Waals surface area contributed by atoms with Gasteiger partial charge in [-0.15, -0.1) is 0 Å². The maximum atomic E-state index is 12.1. The minimum Gasteiger partial charge on any atom is -0.318 e. The van der Waals surface area contributed by atoms with E-state index in [1.165, 1.54) is 0 Å². The van der Waals surface area contributed by atoms with Gasteiger partial charge in [0, 0.05) is 17.8 Å². The summed E-state index contributed by atoms with van der Waals surface area (Å²) in [6, 6.07) is 0.210. The minimum atomic E-state index is -0.126. The molecule has 0 saturated heterocycles. The Bertz CT molecular complexity index is 275. The molecule has 4 nitrogen and oxygen atoms in total. The van der Waals surface area contributed by atoms with Gasteiger partial charge in [0.1, 0.15) is 0 Å². The monoisotopic (exact) mass is 255 g/mol. The second kappa shape index (κ2) is 7.39. The molecule has 106 valence electrons. The van der Waals surface area contributed by atoms with Crippen molar-refractivity contribution in [3.05, 3.63) is 0 Å². The minimum absolute atomic E-state index is 0.126.